The lowest BCUT2D eigenvalue weighted by Gasteiger charge is -1.93. The van der Waals surface area contributed by atoms with Crippen molar-refractivity contribution in [1.29, 1.82) is 0 Å². The van der Waals surface area contributed by atoms with Crippen molar-refractivity contribution in [2.24, 2.45) is 7.05 Å². The summed E-state index contributed by atoms with van der Waals surface area (Å²) in [5, 5.41) is 6.45. The van der Waals surface area contributed by atoms with E-state index in [1.165, 1.54) is 11.3 Å². The highest BCUT2D eigenvalue weighted by atomic mass is 32.1. The molecule has 7 heteroatoms. The Balaban J connectivity index is 2.05. The molecule has 0 aromatic carbocycles. The smallest absolute Gasteiger partial charge is 0.261 e. The molecule has 3 aromatic heterocycles. The summed E-state index contributed by atoms with van der Waals surface area (Å²) >= 11 is 1.44. The summed E-state index contributed by atoms with van der Waals surface area (Å²) in [7, 11) is 1.87. The lowest BCUT2D eigenvalue weighted by atomic mass is 10.3. The number of nitrogen functional groups attached to an aromatic ring is 1. The molecular weight excluding hydrogens is 238 g/mol. The Hall–Kier alpha value is -2.15. The minimum atomic E-state index is 0.418. The molecule has 0 bridgehead atoms. The number of nitrogens with zero attached hydrogens (tertiary/aromatic N) is 4. The van der Waals surface area contributed by atoms with Gasteiger partial charge in [-0.25, -0.2) is 4.98 Å². The Bertz CT molecular complexity index is 598. The zero-order valence-corrected chi connectivity index (χ0v) is 9.81. The van der Waals surface area contributed by atoms with Gasteiger partial charge < -0.3 is 14.8 Å². The first-order valence-corrected chi connectivity index (χ1v) is 5.78. The quantitative estimate of drug-likeness (QED) is 0.746. The molecular formula is C10H9N5OS. The van der Waals surface area contributed by atoms with Crippen LogP contribution in [0.25, 0.3) is 23.1 Å². The maximum Gasteiger partial charge on any atom is 0.261 e. The van der Waals surface area contributed by atoms with Gasteiger partial charge in [0.25, 0.3) is 5.89 Å². The van der Waals surface area contributed by atoms with Crippen LogP contribution < -0.4 is 5.73 Å². The summed E-state index contributed by atoms with van der Waals surface area (Å²) in [6.07, 6.45) is 3.51. The van der Waals surface area contributed by atoms with Crippen LogP contribution in [0.2, 0.25) is 0 Å². The molecule has 0 unspecified atom stereocenters. The fourth-order valence-electron chi connectivity index (χ4n) is 1.50. The standard InChI is InChI=1S/C10H9N5OS/c1-15-4-3-12-9(15)8-13-10(16-14-8)6-2-5-17-7(6)11/h2-5H,11H2,1H3. The van der Waals surface area contributed by atoms with Gasteiger partial charge in [-0.1, -0.05) is 5.16 Å². The molecule has 0 atom stereocenters. The molecule has 17 heavy (non-hydrogen) atoms. The molecule has 3 rings (SSSR count). The van der Waals surface area contributed by atoms with Crippen LogP contribution in [-0.2, 0) is 7.05 Å². The molecule has 0 aliphatic heterocycles. The van der Waals surface area contributed by atoms with Gasteiger partial charge in [0.05, 0.1) is 10.6 Å². The Morgan fingerprint density at radius 1 is 1.47 bits per heavy atom. The van der Waals surface area contributed by atoms with Crippen molar-refractivity contribution < 1.29 is 4.52 Å². The fourth-order valence-corrected chi connectivity index (χ4v) is 2.14. The molecule has 0 aliphatic rings. The van der Waals surface area contributed by atoms with Gasteiger partial charge in [-0.2, -0.15) is 4.98 Å². The molecule has 6 nitrogen and oxygen atoms in total. The summed E-state index contributed by atoms with van der Waals surface area (Å²) in [4.78, 5) is 8.43. The summed E-state index contributed by atoms with van der Waals surface area (Å²) < 4.78 is 7.01. The van der Waals surface area contributed by atoms with E-state index < -0.39 is 0 Å². The highest BCUT2D eigenvalue weighted by Crippen LogP contribution is 2.30. The van der Waals surface area contributed by atoms with Gasteiger partial charge in [0.15, 0.2) is 5.82 Å². The molecule has 86 valence electrons. The summed E-state index contributed by atoms with van der Waals surface area (Å²) in [5.74, 6) is 1.54. The summed E-state index contributed by atoms with van der Waals surface area (Å²) in [5.41, 5.74) is 6.57. The molecule has 0 saturated heterocycles. The predicted octanol–water partition coefficient (Wildman–Crippen LogP) is 1.78. The number of aryl methyl sites for hydroxylation is 1. The third kappa shape index (κ3) is 1.60. The summed E-state index contributed by atoms with van der Waals surface area (Å²) in [6.45, 7) is 0. The van der Waals surface area contributed by atoms with Crippen LogP contribution in [0.5, 0.6) is 0 Å². The number of aromatic nitrogens is 4. The van der Waals surface area contributed by atoms with Gasteiger partial charge >= 0.3 is 0 Å². The lowest BCUT2D eigenvalue weighted by molar-refractivity contribution is 0.432. The van der Waals surface area contributed by atoms with Gasteiger partial charge in [0.2, 0.25) is 5.82 Å². The van der Waals surface area contributed by atoms with Crippen molar-refractivity contribution in [3.63, 3.8) is 0 Å². The summed E-state index contributed by atoms with van der Waals surface area (Å²) in [6, 6.07) is 1.86. The van der Waals surface area contributed by atoms with E-state index in [4.69, 9.17) is 10.3 Å². The molecule has 3 heterocycles. The topological polar surface area (TPSA) is 82.8 Å². The molecule has 0 spiro atoms. The third-order valence-corrected chi connectivity index (χ3v) is 3.12. The van der Waals surface area contributed by atoms with Crippen LogP contribution in [0.1, 0.15) is 0 Å². The average molecular weight is 247 g/mol. The van der Waals surface area contributed by atoms with E-state index in [9.17, 15) is 0 Å². The van der Waals surface area contributed by atoms with Crippen molar-refractivity contribution in [1.82, 2.24) is 19.7 Å². The number of hydrogen-bond donors (Lipinski definition) is 1. The second-order valence-electron chi connectivity index (χ2n) is 3.48. The van der Waals surface area contributed by atoms with Crippen LogP contribution in [0.3, 0.4) is 0 Å². The van der Waals surface area contributed by atoms with Gasteiger partial charge in [0, 0.05) is 19.4 Å². The number of hydrogen-bond acceptors (Lipinski definition) is 6. The minimum Gasteiger partial charge on any atom is -0.390 e. The van der Waals surface area contributed by atoms with E-state index in [1.807, 2.05) is 29.3 Å². The first-order chi connectivity index (χ1) is 8.25. The van der Waals surface area contributed by atoms with E-state index in [2.05, 4.69) is 15.1 Å². The first-order valence-electron chi connectivity index (χ1n) is 4.90. The zero-order valence-electron chi connectivity index (χ0n) is 8.99. The van der Waals surface area contributed by atoms with Crippen molar-refractivity contribution >= 4 is 16.3 Å². The number of imidazole rings is 1. The molecule has 0 saturated carbocycles. The molecule has 0 radical (unpaired) electrons. The number of rotatable bonds is 2. The largest absolute Gasteiger partial charge is 0.390 e. The van der Waals surface area contributed by atoms with Crippen LogP contribution in [0.15, 0.2) is 28.4 Å². The second kappa shape index (κ2) is 3.70. The van der Waals surface area contributed by atoms with Crippen molar-refractivity contribution in [2.75, 3.05) is 5.73 Å². The Morgan fingerprint density at radius 3 is 3.00 bits per heavy atom. The van der Waals surface area contributed by atoms with Crippen molar-refractivity contribution in [3.8, 4) is 23.1 Å². The predicted molar refractivity (Wildman–Crippen MR) is 64.2 cm³/mol. The van der Waals surface area contributed by atoms with E-state index in [-0.39, 0.29) is 0 Å². The van der Waals surface area contributed by atoms with Crippen LogP contribution >= 0.6 is 11.3 Å². The highest BCUT2D eigenvalue weighted by molar-refractivity contribution is 7.14. The SMILES string of the molecule is Cn1ccnc1-c1noc(-c2ccsc2N)n1. The molecule has 0 aliphatic carbocycles. The molecule has 2 N–H and O–H groups in total. The number of nitrogens with two attached hydrogens (primary N) is 1. The maximum atomic E-state index is 5.80. The Morgan fingerprint density at radius 2 is 2.35 bits per heavy atom. The van der Waals surface area contributed by atoms with Crippen molar-refractivity contribution in [3.05, 3.63) is 23.8 Å². The molecule has 3 aromatic rings. The second-order valence-corrected chi connectivity index (χ2v) is 4.43. The lowest BCUT2D eigenvalue weighted by Crippen LogP contribution is -1.92. The van der Waals surface area contributed by atoms with Gasteiger partial charge in [-0.3, -0.25) is 0 Å². The first kappa shape index (κ1) is 10.0. The van der Waals surface area contributed by atoms with E-state index >= 15 is 0 Å². The van der Waals surface area contributed by atoms with Gasteiger partial charge in [-0.05, 0) is 11.4 Å². The van der Waals surface area contributed by atoms with Crippen LogP contribution in [0, 0.1) is 0 Å². The average Bonchev–Trinajstić information content (AvgIpc) is 2.97. The van der Waals surface area contributed by atoms with E-state index in [0.717, 1.165) is 5.56 Å². The number of thiophene rings is 1. The minimum absolute atomic E-state index is 0.418. The van der Waals surface area contributed by atoms with Gasteiger partial charge in [0.1, 0.15) is 0 Å². The normalized spacial score (nSPS) is 10.9. The molecule has 0 amide bonds. The monoisotopic (exact) mass is 247 g/mol. The fraction of sp³-hybridized carbons (Fsp3) is 0.100. The highest BCUT2D eigenvalue weighted by Gasteiger charge is 2.15. The van der Waals surface area contributed by atoms with Gasteiger partial charge in [-0.15, -0.1) is 11.3 Å². The Kier molecular flexibility index (Phi) is 2.19. The van der Waals surface area contributed by atoms with Crippen LogP contribution in [0.4, 0.5) is 5.00 Å². The van der Waals surface area contributed by atoms with E-state index in [1.54, 1.807) is 6.20 Å². The third-order valence-electron chi connectivity index (χ3n) is 2.37. The van der Waals surface area contributed by atoms with Crippen LogP contribution in [-0.4, -0.2) is 19.7 Å². The Labute approximate surface area is 101 Å². The van der Waals surface area contributed by atoms with E-state index in [0.29, 0.717) is 22.5 Å². The van der Waals surface area contributed by atoms with Crippen molar-refractivity contribution in [2.45, 2.75) is 0 Å². The maximum absolute atomic E-state index is 5.80. The molecule has 0 fully saturated rings. The number of anilines is 1. The zero-order chi connectivity index (χ0) is 11.8.